The third kappa shape index (κ3) is 30.5. The van der Waals surface area contributed by atoms with Gasteiger partial charge in [-0.25, -0.2) is 0 Å². The van der Waals surface area contributed by atoms with Crippen LogP contribution in [0.4, 0.5) is 0 Å². The van der Waals surface area contributed by atoms with Crippen molar-refractivity contribution in [2.45, 2.75) is 272 Å². The van der Waals surface area contributed by atoms with E-state index in [9.17, 15) is 61.0 Å². The second-order valence-electron chi connectivity index (χ2n) is 22.1. The number of unbranched alkanes of at least 4 members (excludes halogenated alkanes) is 13. The van der Waals surface area contributed by atoms with Crippen LogP contribution in [0.15, 0.2) is 109 Å². The predicted molar refractivity (Wildman–Crippen MR) is 327 cm³/mol. The number of aliphatic hydroxyl groups is 11. The van der Waals surface area contributed by atoms with Crippen molar-refractivity contribution in [2.75, 3.05) is 26.4 Å². The van der Waals surface area contributed by atoms with Crippen LogP contribution in [0.1, 0.15) is 168 Å². The van der Waals surface area contributed by atoms with Crippen LogP contribution in [-0.4, -0.2) is 193 Å². The number of amides is 1. The lowest BCUT2D eigenvalue weighted by atomic mass is 9.96. The van der Waals surface area contributed by atoms with Gasteiger partial charge in [0, 0.05) is 6.42 Å². The average molecular weight is 1200 g/mol. The molecule has 0 aromatic rings. The van der Waals surface area contributed by atoms with Gasteiger partial charge < -0.3 is 89.9 Å². The van der Waals surface area contributed by atoms with E-state index in [1.807, 2.05) is 6.08 Å². The minimum atomic E-state index is -1.99. The molecule has 3 aliphatic rings. The zero-order valence-electron chi connectivity index (χ0n) is 50.8. The molecule has 0 saturated carbocycles. The van der Waals surface area contributed by atoms with Gasteiger partial charge in [-0.05, 0) is 96.3 Å². The highest BCUT2D eigenvalue weighted by molar-refractivity contribution is 5.76. The molecule has 3 saturated heterocycles. The Bertz CT molecular complexity index is 1970. The van der Waals surface area contributed by atoms with Gasteiger partial charge in [0.05, 0.1) is 38.6 Å². The number of hydrogen-bond acceptors (Lipinski definition) is 18. The summed E-state index contributed by atoms with van der Waals surface area (Å²) in [6.45, 7) is 1.51. The van der Waals surface area contributed by atoms with E-state index in [1.54, 1.807) is 6.08 Å². The van der Waals surface area contributed by atoms with E-state index in [2.05, 4.69) is 116 Å². The lowest BCUT2D eigenvalue weighted by Gasteiger charge is -2.48. The van der Waals surface area contributed by atoms with Crippen LogP contribution in [0.3, 0.4) is 0 Å². The Morgan fingerprint density at radius 2 is 0.824 bits per heavy atom. The van der Waals surface area contributed by atoms with E-state index < -0.39 is 124 Å². The lowest BCUT2D eigenvalue weighted by molar-refractivity contribution is -0.379. The summed E-state index contributed by atoms with van der Waals surface area (Å²) in [5, 5.41) is 120. The number of ether oxygens (including phenoxy) is 6. The van der Waals surface area contributed by atoms with E-state index in [-0.39, 0.29) is 18.9 Å². The molecule has 85 heavy (non-hydrogen) atoms. The second kappa shape index (κ2) is 47.5. The van der Waals surface area contributed by atoms with Crippen LogP contribution in [0.5, 0.6) is 0 Å². The summed E-state index contributed by atoms with van der Waals surface area (Å²) in [6, 6.07) is -1.01. The van der Waals surface area contributed by atoms with Crippen molar-refractivity contribution in [3.05, 3.63) is 109 Å². The maximum atomic E-state index is 13.3. The molecule has 0 spiro atoms. The fraction of sp³-hybridized carbons (Fsp3) is 0.712. The Morgan fingerprint density at radius 3 is 1.32 bits per heavy atom. The molecule has 0 bridgehead atoms. The Labute approximate surface area is 506 Å². The largest absolute Gasteiger partial charge is 0.394 e. The van der Waals surface area contributed by atoms with Crippen LogP contribution >= 0.6 is 0 Å². The monoisotopic (exact) mass is 1200 g/mol. The third-order valence-corrected chi connectivity index (χ3v) is 15.0. The van der Waals surface area contributed by atoms with Gasteiger partial charge in [0.1, 0.15) is 73.2 Å². The van der Waals surface area contributed by atoms with Crippen LogP contribution < -0.4 is 5.32 Å². The van der Waals surface area contributed by atoms with Crippen LogP contribution in [0, 0.1) is 0 Å². The smallest absolute Gasteiger partial charge is 0.220 e. The lowest BCUT2D eigenvalue weighted by Crippen LogP contribution is -2.66. The first kappa shape index (κ1) is 75.7. The highest BCUT2D eigenvalue weighted by Crippen LogP contribution is 2.33. The Hall–Kier alpha value is -3.55. The maximum Gasteiger partial charge on any atom is 0.220 e. The van der Waals surface area contributed by atoms with Gasteiger partial charge in [0.2, 0.25) is 5.91 Å². The summed E-state index contributed by atoms with van der Waals surface area (Å²) in [7, 11) is 0. The van der Waals surface area contributed by atoms with Crippen LogP contribution in [-0.2, 0) is 33.2 Å². The summed E-state index contributed by atoms with van der Waals surface area (Å²) in [5.41, 5.74) is 0. The van der Waals surface area contributed by atoms with E-state index in [1.165, 1.54) is 25.7 Å². The molecule has 0 radical (unpaired) electrons. The minimum absolute atomic E-state index is 0.214. The van der Waals surface area contributed by atoms with Crippen LogP contribution in [0.2, 0.25) is 0 Å². The number of allylic oxidation sites excluding steroid dienone is 17. The summed E-state index contributed by atoms with van der Waals surface area (Å²) in [6.07, 6.45) is 35.0. The Morgan fingerprint density at radius 1 is 0.435 bits per heavy atom. The molecule has 3 heterocycles. The molecule has 3 fully saturated rings. The van der Waals surface area contributed by atoms with Gasteiger partial charge in [0.25, 0.3) is 0 Å². The van der Waals surface area contributed by atoms with Gasteiger partial charge in [0.15, 0.2) is 18.9 Å². The van der Waals surface area contributed by atoms with E-state index in [0.29, 0.717) is 12.8 Å². The molecular formula is C66H109NO18. The standard InChI is InChI=1S/C66H109NO18/c1-3-5-7-9-11-13-15-17-18-19-20-21-22-23-24-25-26-27-28-29-30-32-34-36-38-40-42-44-54(72)67-49(50(71)43-41-39-37-35-33-31-16-14-12-10-8-6-4-2)48-80-64-60(78)57(75)62(52(46-69)82-64)85-66-61(79)58(76)63(53(47-70)83-66)84-65-59(77)56(74)55(73)51(45-68)81-65/h5,7,11-14,17-18,20-21,23-24,26-27,33,35,41,43,49-53,55-66,68-71,73-79H,3-4,6,8-10,15-16,19,22,25,28-32,34,36-40,42,44-48H2,1-2H3,(H,67,72)/b7-5-,13-11-,14-12+,18-17-,21-20-,24-23-,27-26-,35-33+,43-41+. The van der Waals surface area contributed by atoms with E-state index in [0.717, 1.165) is 109 Å². The van der Waals surface area contributed by atoms with Gasteiger partial charge >= 0.3 is 0 Å². The van der Waals surface area contributed by atoms with Crippen molar-refractivity contribution in [3.63, 3.8) is 0 Å². The zero-order valence-corrected chi connectivity index (χ0v) is 50.8. The molecule has 486 valence electrons. The number of carbonyl (C=O) groups excluding carboxylic acids is 1. The third-order valence-electron chi connectivity index (χ3n) is 15.0. The molecule has 17 unspecified atom stereocenters. The number of nitrogens with one attached hydrogen (secondary N) is 1. The molecule has 0 aromatic heterocycles. The molecule has 3 rings (SSSR count). The molecule has 17 atom stereocenters. The number of hydrogen-bond donors (Lipinski definition) is 12. The summed E-state index contributed by atoms with van der Waals surface area (Å²) >= 11 is 0. The number of aliphatic hydroxyl groups excluding tert-OH is 11. The van der Waals surface area contributed by atoms with Crippen molar-refractivity contribution < 1.29 is 89.4 Å². The second-order valence-corrected chi connectivity index (χ2v) is 22.1. The first-order valence-electron chi connectivity index (χ1n) is 31.6. The molecule has 1 amide bonds. The highest BCUT2D eigenvalue weighted by Gasteiger charge is 2.53. The molecular weight excluding hydrogens is 1090 g/mol. The normalized spacial score (nSPS) is 29.7. The fourth-order valence-electron chi connectivity index (χ4n) is 9.87. The maximum absolute atomic E-state index is 13.3. The highest BCUT2D eigenvalue weighted by atomic mass is 16.8. The Kier molecular flexibility index (Phi) is 42.3. The summed E-state index contributed by atoms with van der Waals surface area (Å²) < 4.78 is 34.2. The van der Waals surface area contributed by atoms with Crippen LogP contribution in [0.25, 0.3) is 0 Å². The number of rotatable bonds is 45. The van der Waals surface area contributed by atoms with Crippen molar-refractivity contribution in [1.29, 1.82) is 0 Å². The van der Waals surface area contributed by atoms with Gasteiger partial charge in [-0.3, -0.25) is 4.79 Å². The molecule has 3 aliphatic heterocycles. The van der Waals surface area contributed by atoms with Gasteiger partial charge in [-0.2, -0.15) is 0 Å². The van der Waals surface area contributed by atoms with Gasteiger partial charge in [-0.1, -0.05) is 175 Å². The van der Waals surface area contributed by atoms with Gasteiger partial charge in [-0.15, -0.1) is 0 Å². The van der Waals surface area contributed by atoms with E-state index in [4.69, 9.17) is 28.4 Å². The van der Waals surface area contributed by atoms with Crippen molar-refractivity contribution in [3.8, 4) is 0 Å². The molecule has 0 aromatic carbocycles. The van der Waals surface area contributed by atoms with Crippen molar-refractivity contribution in [1.82, 2.24) is 5.32 Å². The molecule has 19 nitrogen and oxygen atoms in total. The molecule has 0 aliphatic carbocycles. The average Bonchev–Trinajstić information content (AvgIpc) is 2.72. The predicted octanol–water partition coefficient (Wildman–Crippen LogP) is 6.71. The number of carbonyl (C=O) groups is 1. The SMILES string of the molecule is CC/C=C\C/C=C\C/C=C\C/C=C\C/C=C\C/C=C\CCCCCCCCCCC(=O)NC(COC1OC(CO)C(OC2OC(CO)C(OC3OC(CO)C(O)C(O)C3O)C(O)C2O)C(O)C1O)C(O)/C=C/CC/C=C/CC/C=C/CCCCC. The first-order chi connectivity index (χ1) is 41.3. The quantitative estimate of drug-likeness (QED) is 0.0223. The molecule has 19 heteroatoms. The van der Waals surface area contributed by atoms with Crippen molar-refractivity contribution in [2.24, 2.45) is 0 Å². The summed E-state index contributed by atoms with van der Waals surface area (Å²) in [5.74, 6) is -0.306. The zero-order chi connectivity index (χ0) is 61.9. The fourth-order valence-corrected chi connectivity index (χ4v) is 9.87. The topological polar surface area (TPSA) is 307 Å². The molecule has 12 N–H and O–H groups in total. The van der Waals surface area contributed by atoms with Crippen molar-refractivity contribution >= 4 is 5.91 Å². The first-order valence-corrected chi connectivity index (χ1v) is 31.6. The summed E-state index contributed by atoms with van der Waals surface area (Å²) in [4.78, 5) is 13.3. The minimum Gasteiger partial charge on any atom is -0.394 e. The Balaban J connectivity index is 1.45. The van der Waals surface area contributed by atoms with E-state index >= 15 is 0 Å².